The minimum atomic E-state index is -0.654. The van der Waals surface area contributed by atoms with Crippen LogP contribution < -0.4 is 5.32 Å². The van der Waals surface area contributed by atoms with E-state index >= 15 is 0 Å². The number of hydrogen-bond acceptors (Lipinski definition) is 1. The summed E-state index contributed by atoms with van der Waals surface area (Å²) >= 11 is 9.01. The molecule has 1 atom stereocenters. The number of nitrogens with one attached hydrogen (secondary N) is 1. The molecule has 0 spiro atoms. The predicted octanol–water partition coefficient (Wildman–Crippen LogP) is 5.02. The van der Waals surface area contributed by atoms with E-state index in [2.05, 4.69) is 21.2 Å². The lowest BCUT2D eigenvalue weighted by Gasteiger charge is -2.19. The normalized spacial score (nSPS) is 12.5. The SMILES string of the molecule is CNC(Cc1ccc(F)cc1F)c1ccc(Br)c(Cl)c1F. The third-order valence-electron chi connectivity index (χ3n) is 3.23. The largest absolute Gasteiger partial charge is 0.313 e. The number of likely N-dealkylation sites (N-methyl/N-ethyl adjacent to an activating group) is 1. The molecule has 0 saturated carbocycles. The first-order chi connectivity index (χ1) is 9.93. The molecule has 1 nitrogen and oxygen atoms in total. The van der Waals surface area contributed by atoms with Crippen molar-refractivity contribution in [3.05, 3.63) is 68.4 Å². The molecule has 21 heavy (non-hydrogen) atoms. The summed E-state index contributed by atoms with van der Waals surface area (Å²) in [7, 11) is 1.64. The van der Waals surface area contributed by atoms with E-state index in [1.807, 2.05) is 0 Å². The molecule has 0 fully saturated rings. The highest BCUT2D eigenvalue weighted by Crippen LogP contribution is 2.31. The Balaban J connectivity index is 2.34. The zero-order valence-electron chi connectivity index (χ0n) is 11.1. The molecule has 0 aliphatic carbocycles. The van der Waals surface area contributed by atoms with Crippen LogP contribution in [0, 0.1) is 17.5 Å². The Morgan fingerprint density at radius 2 is 1.90 bits per heavy atom. The van der Waals surface area contributed by atoms with Gasteiger partial charge in [0.1, 0.15) is 17.5 Å². The van der Waals surface area contributed by atoms with Gasteiger partial charge in [0.05, 0.1) is 5.02 Å². The first-order valence-electron chi connectivity index (χ1n) is 6.18. The molecule has 0 aromatic heterocycles. The highest BCUT2D eigenvalue weighted by molar-refractivity contribution is 9.10. The first kappa shape index (κ1) is 16.3. The van der Waals surface area contributed by atoms with Crippen LogP contribution in [-0.4, -0.2) is 7.05 Å². The van der Waals surface area contributed by atoms with Crippen molar-refractivity contribution in [3.8, 4) is 0 Å². The summed E-state index contributed by atoms with van der Waals surface area (Å²) in [6.45, 7) is 0. The van der Waals surface area contributed by atoms with E-state index in [-0.39, 0.29) is 11.4 Å². The van der Waals surface area contributed by atoms with Crippen LogP contribution in [-0.2, 0) is 6.42 Å². The lowest BCUT2D eigenvalue weighted by Crippen LogP contribution is -2.20. The van der Waals surface area contributed by atoms with Crippen molar-refractivity contribution < 1.29 is 13.2 Å². The maximum Gasteiger partial charge on any atom is 0.147 e. The molecule has 2 aromatic rings. The van der Waals surface area contributed by atoms with E-state index in [4.69, 9.17) is 11.6 Å². The van der Waals surface area contributed by atoms with Crippen molar-refractivity contribution >= 4 is 27.5 Å². The molecule has 112 valence electrons. The third-order valence-corrected chi connectivity index (χ3v) is 4.49. The Labute approximate surface area is 134 Å². The van der Waals surface area contributed by atoms with Crippen LogP contribution in [0.25, 0.3) is 0 Å². The second-order valence-corrected chi connectivity index (χ2v) is 5.78. The maximum atomic E-state index is 14.2. The second kappa shape index (κ2) is 6.81. The molecule has 0 heterocycles. The predicted molar refractivity (Wildman–Crippen MR) is 81.0 cm³/mol. The van der Waals surface area contributed by atoms with Crippen LogP contribution >= 0.6 is 27.5 Å². The molecule has 1 N–H and O–H groups in total. The summed E-state index contributed by atoms with van der Waals surface area (Å²) in [6.07, 6.45) is 0.178. The summed E-state index contributed by atoms with van der Waals surface area (Å²) in [5.41, 5.74) is 0.628. The Morgan fingerprint density at radius 3 is 2.52 bits per heavy atom. The molecular formula is C15H12BrClF3N. The third kappa shape index (κ3) is 3.59. The minimum absolute atomic E-state index is 0.0210. The number of halogens is 5. The number of rotatable bonds is 4. The maximum absolute atomic E-state index is 14.2. The molecular weight excluding hydrogens is 367 g/mol. The van der Waals surface area contributed by atoms with Crippen molar-refractivity contribution in [1.29, 1.82) is 0 Å². The lowest BCUT2D eigenvalue weighted by atomic mass is 9.98. The smallest absolute Gasteiger partial charge is 0.147 e. The van der Waals surface area contributed by atoms with E-state index in [0.29, 0.717) is 15.6 Å². The van der Waals surface area contributed by atoms with E-state index < -0.39 is 23.5 Å². The Hall–Kier alpha value is -1.04. The number of benzene rings is 2. The van der Waals surface area contributed by atoms with Gasteiger partial charge in [0.2, 0.25) is 0 Å². The Bertz CT molecular complexity index is 664. The Kier molecular flexibility index (Phi) is 5.30. The molecule has 0 aliphatic rings. The van der Waals surface area contributed by atoms with Crippen molar-refractivity contribution in [2.75, 3.05) is 7.05 Å². The van der Waals surface area contributed by atoms with Crippen LogP contribution in [0.4, 0.5) is 13.2 Å². The average molecular weight is 379 g/mol. The van der Waals surface area contributed by atoms with Gasteiger partial charge < -0.3 is 5.32 Å². The summed E-state index contributed by atoms with van der Waals surface area (Å²) in [5.74, 6) is -1.86. The van der Waals surface area contributed by atoms with E-state index in [0.717, 1.165) is 6.07 Å². The summed E-state index contributed by atoms with van der Waals surface area (Å²) in [6, 6.07) is 6.08. The van der Waals surface area contributed by atoms with Gasteiger partial charge in [0, 0.05) is 22.1 Å². The van der Waals surface area contributed by atoms with Crippen molar-refractivity contribution in [3.63, 3.8) is 0 Å². The first-order valence-corrected chi connectivity index (χ1v) is 7.35. The van der Waals surface area contributed by atoms with Crippen LogP contribution in [0.1, 0.15) is 17.2 Å². The fourth-order valence-electron chi connectivity index (χ4n) is 2.08. The Morgan fingerprint density at radius 1 is 1.19 bits per heavy atom. The van der Waals surface area contributed by atoms with Gasteiger partial charge in [-0.2, -0.15) is 0 Å². The van der Waals surface area contributed by atoms with Crippen LogP contribution in [0.5, 0.6) is 0 Å². The van der Waals surface area contributed by atoms with Crippen molar-refractivity contribution in [1.82, 2.24) is 5.32 Å². The molecule has 0 aliphatic heterocycles. The minimum Gasteiger partial charge on any atom is -0.313 e. The van der Waals surface area contributed by atoms with Gasteiger partial charge in [0.15, 0.2) is 0 Å². The van der Waals surface area contributed by atoms with Gasteiger partial charge in [-0.25, -0.2) is 13.2 Å². The van der Waals surface area contributed by atoms with Crippen molar-refractivity contribution in [2.24, 2.45) is 0 Å². The fraction of sp³-hybridized carbons (Fsp3) is 0.200. The average Bonchev–Trinajstić information content (AvgIpc) is 2.45. The molecule has 2 rings (SSSR count). The quantitative estimate of drug-likeness (QED) is 0.736. The molecule has 6 heteroatoms. The fourth-order valence-corrected chi connectivity index (χ4v) is 2.56. The van der Waals surface area contributed by atoms with Gasteiger partial charge in [-0.3, -0.25) is 0 Å². The lowest BCUT2D eigenvalue weighted by molar-refractivity contribution is 0.515. The summed E-state index contributed by atoms with van der Waals surface area (Å²) < 4.78 is 41.3. The van der Waals surface area contributed by atoms with E-state index in [9.17, 15) is 13.2 Å². The van der Waals surface area contributed by atoms with E-state index in [1.54, 1.807) is 19.2 Å². The van der Waals surface area contributed by atoms with Gasteiger partial charge in [-0.15, -0.1) is 0 Å². The van der Waals surface area contributed by atoms with Crippen molar-refractivity contribution in [2.45, 2.75) is 12.5 Å². The molecule has 0 radical (unpaired) electrons. The molecule has 0 saturated heterocycles. The van der Waals surface area contributed by atoms with Crippen LogP contribution in [0.15, 0.2) is 34.8 Å². The molecule has 0 bridgehead atoms. The molecule has 1 unspecified atom stereocenters. The van der Waals surface area contributed by atoms with Crippen LogP contribution in [0.3, 0.4) is 0 Å². The highest BCUT2D eigenvalue weighted by Gasteiger charge is 2.19. The van der Waals surface area contributed by atoms with Crippen LogP contribution in [0.2, 0.25) is 5.02 Å². The van der Waals surface area contributed by atoms with Gasteiger partial charge in [-0.05, 0) is 47.1 Å². The zero-order valence-corrected chi connectivity index (χ0v) is 13.4. The van der Waals surface area contributed by atoms with Gasteiger partial charge in [0.25, 0.3) is 0 Å². The van der Waals surface area contributed by atoms with Gasteiger partial charge in [-0.1, -0.05) is 23.7 Å². The summed E-state index contributed by atoms with van der Waals surface area (Å²) in [4.78, 5) is 0. The molecule has 2 aromatic carbocycles. The monoisotopic (exact) mass is 377 g/mol. The standard InChI is InChI=1S/C15H12BrClF3N/c1-21-13(6-8-2-3-9(18)7-12(8)19)10-4-5-11(16)14(17)15(10)20/h2-5,7,13,21H,6H2,1H3. The topological polar surface area (TPSA) is 12.0 Å². The molecule has 0 amide bonds. The zero-order chi connectivity index (χ0) is 15.6. The second-order valence-electron chi connectivity index (χ2n) is 4.55. The number of hydrogen-bond donors (Lipinski definition) is 1. The summed E-state index contributed by atoms with van der Waals surface area (Å²) in [5, 5.41) is 2.90. The van der Waals surface area contributed by atoms with E-state index in [1.165, 1.54) is 12.1 Å². The van der Waals surface area contributed by atoms with Gasteiger partial charge >= 0.3 is 0 Å². The highest BCUT2D eigenvalue weighted by atomic mass is 79.9.